The smallest absolute Gasteiger partial charge is 0.257 e. The maximum atomic E-state index is 11.8. The van der Waals surface area contributed by atoms with Gasteiger partial charge < -0.3 is 10.2 Å². The standard InChI is InChI=1S/C11H15N9O/c1-7-8(21)13-4-6-19(7)10-15-9(18-12)16-11(17-10)20-5-2-3-14-20/h2-3,5,7H,4,6,12H2,1H3,(H,13,21)(H,15,16,17,18). The molecule has 0 aromatic carbocycles. The molecule has 3 rings (SSSR count). The number of nitrogens with one attached hydrogen (secondary N) is 2. The van der Waals surface area contributed by atoms with Crippen molar-refractivity contribution >= 4 is 17.8 Å². The first-order valence-electron chi connectivity index (χ1n) is 6.46. The van der Waals surface area contributed by atoms with Crippen LogP contribution in [0.4, 0.5) is 11.9 Å². The number of piperazine rings is 1. The number of anilines is 2. The number of nitrogens with zero attached hydrogens (tertiary/aromatic N) is 6. The van der Waals surface area contributed by atoms with Crippen molar-refractivity contribution in [1.82, 2.24) is 30.0 Å². The van der Waals surface area contributed by atoms with Crippen molar-refractivity contribution < 1.29 is 4.79 Å². The van der Waals surface area contributed by atoms with Crippen LogP contribution < -0.4 is 21.5 Å². The highest BCUT2D eigenvalue weighted by Gasteiger charge is 2.28. The van der Waals surface area contributed by atoms with Gasteiger partial charge in [-0.2, -0.15) is 20.1 Å². The van der Waals surface area contributed by atoms with E-state index in [2.05, 4.69) is 30.8 Å². The third kappa shape index (κ3) is 2.48. The number of nitrogen functional groups attached to an aromatic ring is 1. The highest BCUT2D eigenvalue weighted by atomic mass is 16.2. The van der Waals surface area contributed by atoms with Gasteiger partial charge in [-0.15, -0.1) is 0 Å². The van der Waals surface area contributed by atoms with Crippen LogP contribution in [0.2, 0.25) is 0 Å². The number of hydrazine groups is 1. The van der Waals surface area contributed by atoms with Gasteiger partial charge in [0.05, 0.1) is 0 Å². The van der Waals surface area contributed by atoms with Gasteiger partial charge in [0.25, 0.3) is 5.95 Å². The van der Waals surface area contributed by atoms with Crippen LogP contribution in [0.15, 0.2) is 18.5 Å². The molecule has 0 aliphatic carbocycles. The largest absolute Gasteiger partial charge is 0.353 e. The Labute approximate surface area is 120 Å². The molecule has 1 amide bonds. The number of amides is 1. The van der Waals surface area contributed by atoms with E-state index in [1.165, 1.54) is 4.68 Å². The van der Waals surface area contributed by atoms with E-state index in [-0.39, 0.29) is 17.9 Å². The van der Waals surface area contributed by atoms with Crippen molar-refractivity contribution in [2.45, 2.75) is 13.0 Å². The lowest BCUT2D eigenvalue weighted by Gasteiger charge is -2.32. The molecule has 0 bridgehead atoms. The number of carbonyl (C=O) groups is 1. The Morgan fingerprint density at radius 1 is 1.38 bits per heavy atom. The maximum Gasteiger partial charge on any atom is 0.257 e. The Bertz CT molecular complexity index is 641. The second kappa shape index (κ2) is 5.32. The fraction of sp³-hybridized carbons (Fsp3) is 0.364. The predicted molar refractivity (Wildman–Crippen MR) is 74.6 cm³/mol. The van der Waals surface area contributed by atoms with Crippen LogP contribution in [0, 0.1) is 0 Å². The molecule has 0 saturated carbocycles. The second-order valence-electron chi connectivity index (χ2n) is 4.51. The highest BCUT2D eigenvalue weighted by molar-refractivity contribution is 5.85. The molecule has 1 unspecified atom stereocenters. The Balaban J connectivity index is 2.01. The molecule has 1 saturated heterocycles. The van der Waals surface area contributed by atoms with Gasteiger partial charge in [0.1, 0.15) is 6.04 Å². The molecule has 1 atom stereocenters. The van der Waals surface area contributed by atoms with Gasteiger partial charge in [0, 0.05) is 25.5 Å². The highest BCUT2D eigenvalue weighted by Crippen LogP contribution is 2.16. The van der Waals surface area contributed by atoms with Crippen LogP contribution in [0.3, 0.4) is 0 Å². The minimum atomic E-state index is -0.364. The van der Waals surface area contributed by atoms with Crippen LogP contribution in [0.1, 0.15) is 6.92 Å². The van der Waals surface area contributed by atoms with Crippen LogP contribution in [0.25, 0.3) is 5.95 Å². The molecular formula is C11H15N9O. The average molecular weight is 289 g/mol. The summed E-state index contributed by atoms with van der Waals surface area (Å²) in [5, 5.41) is 6.87. The van der Waals surface area contributed by atoms with Gasteiger partial charge in [0.15, 0.2) is 0 Å². The number of hydrogen-bond acceptors (Lipinski definition) is 8. The lowest BCUT2D eigenvalue weighted by Crippen LogP contribution is -2.54. The van der Waals surface area contributed by atoms with E-state index in [4.69, 9.17) is 5.84 Å². The molecule has 1 aliphatic rings. The molecule has 1 aliphatic heterocycles. The molecule has 2 aromatic rings. The number of hydrogen-bond donors (Lipinski definition) is 3. The number of aromatic nitrogens is 5. The minimum absolute atomic E-state index is 0.0652. The van der Waals surface area contributed by atoms with Crippen molar-refractivity contribution in [2.24, 2.45) is 5.84 Å². The molecule has 3 heterocycles. The average Bonchev–Trinajstić information content (AvgIpc) is 3.04. The van der Waals surface area contributed by atoms with E-state index in [9.17, 15) is 4.79 Å². The zero-order valence-electron chi connectivity index (χ0n) is 11.4. The van der Waals surface area contributed by atoms with Crippen molar-refractivity contribution in [2.75, 3.05) is 23.4 Å². The zero-order valence-corrected chi connectivity index (χ0v) is 11.4. The van der Waals surface area contributed by atoms with Gasteiger partial charge >= 0.3 is 0 Å². The molecule has 4 N–H and O–H groups in total. The van der Waals surface area contributed by atoms with Gasteiger partial charge in [-0.05, 0) is 13.0 Å². The SMILES string of the molecule is CC1C(=O)NCCN1c1nc(NN)nc(-n2cccn2)n1. The van der Waals surface area contributed by atoms with Crippen LogP contribution in [0.5, 0.6) is 0 Å². The Morgan fingerprint density at radius 2 is 2.19 bits per heavy atom. The lowest BCUT2D eigenvalue weighted by atomic mass is 10.2. The predicted octanol–water partition coefficient (Wildman–Crippen LogP) is -1.33. The summed E-state index contributed by atoms with van der Waals surface area (Å²) in [7, 11) is 0. The van der Waals surface area contributed by atoms with Crippen molar-refractivity contribution in [1.29, 1.82) is 0 Å². The summed E-state index contributed by atoms with van der Waals surface area (Å²) in [5.74, 6) is 6.26. The molecule has 10 nitrogen and oxygen atoms in total. The Morgan fingerprint density at radius 3 is 2.90 bits per heavy atom. The molecule has 10 heteroatoms. The fourth-order valence-electron chi connectivity index (χ4n) is 2.09. The lowest BCUT2D eigenvalue weighted by molar-refractivity contribution is -0.122. The third-order valence-electron chi connectivity index (χ3n) is 3.21. The first-order valence-corrected chi connectivity index (χ1v) is 6.46. The summed E-state index contributed by atoms with van der Waals surface area (Å²) in [4.78, 5) is 26.3. The first kappa shape index (κ1) is 13.2. The van der Waals surface area contributed by atoms with E-state index in [0.717, 1.165) is 0 Å². The molecule has 110 valence electrons. The quantitative estimate of drug-likeness (QED) is 0.468. The van der Waals surface area contributed by atoms with E-state index in [1.54, 1.807) is 30.3 Å². The summed E-state index contributed by atoms with van der Waals surface area (Å²) in [5.41, 5.74) is 2.40. The molecule has 21 heavy (non-hydrogen) atoms. The van der Waals surface area contributed by atoms with Gasteiger partial charge in [-0.3, -0.25) is 10.2 Å². The maximum absolute atomic E-state index is 11.8. The van der Waals surface area contributed by atoms with E-state index in [1.807, 2.05) is 0 Å². The Hall–Kier alpha value is -2.75. The fourth-order valence-corrected chi connectivity index (χ4v) is 2.09. The van der Waals surface area contributed by atoms with Crippen LogP contribution in [-0.4, -0.2) is 49.8 Å². The molecular weight excluding hydrogens is 274 g/mol. The number of nitrogens with two attached hydrogens (primary N) is 1. The van der Waals surface area contributed by atoms with E-state index < -0.39 is 0 Å². The van der Waals surface area contributed by atoms with Gasteiger partial charge in [-0.1, -0.05) is 0 Å². The van der Waals surface area contributed by atoms with Crippen LogP contribution in [-0.2, 0) is 4.79 Å². The van der Waals surface area contributed by atoms with E-state index >= 15 is 0 Å². The third-order valence-corrected chi connectivity index (χ3v) is 3.21. The van der Waals surface area contributed by atoms with Crippen LogP contribution >= 0.6 is 0 Å². The normalized spacial score (nSPS) is 18.5. The summed E-state index contributed by atoms with van der Waals surface area (Å²) in [6, 6.07) is 1.40. The molecule has 1 fully saturated rings. The summed E-state index contributed by atoms with van der Waals surface area (Å²) in [6.07, 6.45) is 3.34. The summed E-state index contributed by atoms with van der Waals surface area (Å²) < 4.78 is 1.50. The topological polar surface area (TPSA) is 127 Å². The zero-order chi connectivity index (χ0) is 14.8. The minimum Gasteiger partial charge on any atom is -0.353 e. The van der Waals surface area contributed by atoms with Crippen molar-refractivity contribution in [3.05, 3.63) is 18.5 Å². The number of carbonyl (C=O) groups excluding carboxylic acids is 1. The molecule has 0 radical (unpaired) electrons. The first-order chi connectivity index (χ1) is 10.2. The number of rotatable bonds is 3. The van der Waals surface area contributed by atoms with E-state index in [0.29, 0.717) is 25.0 Å². The second-order valence-corrected chi connectivity index (χ2v) is 4.51. The molecule has 0 spiro atoms. The summed E-state index contributed by atoms with van der Waals surface area (Å²) >= 11 is 0. The Kier molecular flexibility index (Phi) is 3.36. The monoisotopic (exact) mass is 289 g/mol. The molecule has 2 aromatic heterocycles. The summed E-state index contributed by atoms with van der Waals surface area (Å²) in [6.45, 7) is 2.94. The van der Waals surface area contributed by atoms with Crippen molar-refractivity contribution in [3.8, 4) is 5.95 Å². The van der Waals surface area contributed by atoms with Crippen molar-refractivity contribution in [3.63, 3.8) is 0 Å². The van der Waals surface area contributed by atoms with Gasteiger partial charge in [-0.25, -0.2) is 10.5 Å². The van der Waals surface area contributed by atoms with Gasteiger partial charge in [0.2, 0.25) is 17.8 Å².